The zero-order valence-corrected chi connectivity index (χ0v) is 11.9. The molecular weight excluding hydrogens is 291 g/mol. The van der Waals surface area contributed by atoms with E-state index >= 15 is 0 Å². The van der Waals surface area contributed by atoms with Crippen LogP contribution in [0.2, 0.25) is 0 Å². The van der Waals surface area contributed by atoms with Crippen molar-refractivity contribution >= 4 is 15.9 Å². The lowest BCUT2D eigenvalue weighted by Gasteiger charge is -2.25. The van der Waals surface area contributed by atoms with Crippen molar-refractivity contribution < 1.29 is 19.0 Å². The molecule has 17 heavy (non-hydrogen) atoms. The highest BCUT2D eigenvalue weighted by molar-refractivity contribution is 9.10. The van der Waals surface area contributed by atoms with Gasteiger partial charge in [0.25, 0.3) is 0 Å². The monoisotopic (exact) mass is 306 g/mol. The van der Waals surface area contributed by atoms with Crippen LogP contribution >= 0.6 is 15.9 Å². The highest BCUT2D eigenvalue weighted by atomic mass is 79.9. The molecule has 0 unspecified atom stereocenters. The van der Waals surface area contributed by atoms with E-state index in [0.29, 0.717) is 15.8 Å². The lowest BCUT2D eigenvalue weighted by Crippen LogP contribution is -2.24. The maximum absolute atomic E-state index is 14.3. The topological polar surface area (TPSA) is 38.7 Å². The summed E-state index contributed by atoms with van der Waals surface area (Å²) in [6.07, 6.45) is 0. The normalized spacial score (nSPS) is 11.5. The van der Waals surface area contributed by atoms with Crippen LogP contribution in [0.1, 0.15) is 19.4 Å². The first kappa shape index (κ1) is 14.3. The summed E-state index contributed by atoms with van der Waals surface area (Å²) in [5, 5.41) is 9.33. The summed E-state index contributed by atoms with van der Waals surface area (Å²) in [7, 11) is 2.82. The Morgan fingerprint density at radius 2 is 1.94 bits per heavy atom. The van der Waals surface area contributed by atoms with Gasteiger partial charge in [0.05, 0.1) is 20.8 Å². The van der Waals surface area contributed by atoms with Gasteiger partial charge in [-0.25, -0.2) is 4.39 Å². The minimum Gasteiger partial charge on any atom is -0.493 e. The molecule has 0 aliphatic heterocycles. The summed E-state index contributed by atoms with van der Waals surface area (Å²) in [5.74, 6) is -0.153. The fourth-order valence-electron chi connectivity index (χ4n) is 1.62. The molecule has 0 fully saturated rings. The van der Waals surface area contributed by atoms with Crippen LogP contribution in [0.3, 0.4) is 0 Å². The standard InChI is InChI=1S/C12H16BrFO3/c1-12(2,6-15)9-7(13)5-8(16-3)11(17-4)10(9)14/h5,15H,6H2,1-4H3. The van der Waals surface area contributed by atoms with Gasteiger partial charge in [-0.1, -0.05) is 29.8 Å². The number of hydrogen-bond donors (Lipinski definition) is 1. The average Bonchev–Trinajstić information content (AvgIpc) is 2.27. The minimum atomic E-state index is -0.706. The summed E-state index contributed by atoms with van der Waals surface area (Å²) >= 11 is 3.29. The Labute approximate surface area is 109 Å². The van der Waals surface area contributed by atoms with Crippen molar-refractivity contribution in [3.05, 3.63) is 21.9 Å². The van der Waals surface area contributed by atoms with Crippen molar-refractivity contribution in [2.45, 2.75) is 19.3 Å². The SMILES string of the molecule is COc1cc(Br)c(C(C)(C)CO)c(F)c1OC. The Balaban J connectivity index is 3.53. The predicted octanol–water partition coefficient (Wildman–Crippen LogP) is 2.88. The summed E-state index contributed by atoms with van der Waals surface area (Å²) in [5.41, 5.74) is -0.333. The first-order valence-electron chi connectivity index (χ1n) is 5.10. The maximum atomic E-state index is 14.3. The average molecular weight is 307 g/mol. The van der Waals surface area contributed by atoms with Gasteiger partial charge in [-0.15, -0.1) is 0 Å². The Hall–Kier alpha value is -0.810. The molecule has 1 aromatic carbocycles. The number of ether oxygens (including phenoxy) is 2. The molecule has 1 N–H and O–H groups in total. The van der Waals surface area contributed by atoms with E-state index in [9.17, 15) is 9.50 Å². The van der Waals surface area contributed by atoms with Crippen LogP contribution in [0.5, 0.6) is 11.5 Å². The van der Waals surface area contributed by atoms with E-state index in [0.717, 1.165) is 0 Å². The summed E-state index contributed by atoms with van der Waals surface area (Å²) in [4.78, 5) is 0. The van der Waals surface area contributed by atoms with Gasteiger partial charge in [0.1, 0.15) is 0 Å². The van der Waals surface area contributed by atoms with Gasteiger partial charge in [0, 0.05) is 15.5 Å². The van der Waals surface area contributed by atoms with Crippen molar-refractivity contribution in [2.75, 3.05) is 20.8 Å². The largest absolute Gasteiger partial charge is 0.493 e. The lowest BCUT2D eigenvalue weighted by atomic mass is 9.85. The number of rotatable bonds is 4. The predicted molar refractivity (Wildman–Crippen MR) is 67.3 cm³/mol. The van der Waals surface area contributed by atoms with Gasteiger partial charge in [-0.2, -0.15) is 0 Å². The summed E-state index contributed by atoms with van der Waals surface area (Å²) in [6, 6.07) is 1.63. The van der Waals surface area contributed by atoms with Crippen LogP contribution in [0.15, 0.2) is 10.5 Å². The quantitative estimate of drug-likeness (QED) is 0.929. The zero-order valence-electron chi connectivity index (χ0n) is 10.3. The Kier molecular flexibility index (Phi) is 4.38. The van der Waals surface area contributed by atoms with Crippen molar-refractivity contribution in [2.24, 2.45) is 0 Å². The van der Waals surface area contributed by atoms with E-state index in [1.807, 2.05) is 0 Å². The molecular formula is C12H16BrFO3. The second-order valence-corrected chi connectivity index (χ2v) is 5.18. The van der Waals surface area contributed by atoms with E-state index in [1.54, 1.807) is 19.9 Å². The van der Waals surface area contributed by atoms with Gasteiger partial charge < -0.3 is 14.6 Å². The molecule has 0 radical (unpaired) electrons. The summed E-state index contributed by atoms with van der Waals surface area (Å²) < 4.78 is 24.9. The minimum absolute atomic E-state index is 0.0484. The van der Waals surface area contributed by atoms with E-state index < -0.39 is 11.2 Å². The van der Waals surface area contributed by atoms with E-state index in [4.69, 9.17) is 9.47 Å². The molecule has 3 nitrogen and oxygen atoms in total. The molecule has 0 atom stereocenters. The molecule has 0 spiro atoms. The third kappa shape index (κ3) is 2.55. The van der Waals surface area contributed by atoms with Gasteiger partial charge in [-0.05, 0) is 6.07 Å². The Morgan fingerprint density at radius 3 is 2.35 bits per heavy atom. The fraction of sp³-hybridized carbons (Fsp3) is 0.500. The number of hydrogen-bond acceptors (Lipinski definition) is 3. The summed E-state index contributed by atoms with van der Waals surface area (Å²) in [6.45, 7) is 3.34. The number of aliphatic hydroxyl groups excluding tert-OH is 1. The molecule has 0 saturated heterocycles. The smallest absolute Gasteiger partial charge is 0.197 e. The van der Waals surface area contributed by atoms with Crippen LogP contribution in [-0.2, 0) is 5.41 Å². The molecule has 0 heterocycles. The maximum Gasteiger partial charge on any atom is 0.197 e. The molecule has 0 amide bonds. The van der Waals surface area contributed by atoms with Crippen LogP contribution < -0.4 is 9.47 Å². The number of halogens is 2. The first-order chi connectivity index (χ1) is 7.88. The van der Waals surface area contributed by atoms with Gasteiger partial charge >= 0.3 is 0 Å². The van der Waals surface area contributed by atoms with Crippen molar-refractivity contribution in [3.8, 4) is 11.5 Å². The van der Waals surface area contributed by atoms with Crippen LogP contribution in [0.25, 0.3) is 0 Å². The highest BCUT2D eigenvalue weighted by Gasteiger charge is 2.30. The third-order valence-corrected chi connectivity index (χ3v) is 3.26. The van der Waals surface area contributed by atoms with Crippen LogP contribution in [0.4, 0.5) is 4.39 Å². The molecule has 5 heteroatoms. The lowest BCUT2D eigenvalue weighted by molar-refractivity contribution is 0.212. The van der Waals surface area contributed by atoms with Crippen LogP contribution in [0, 0.1) is 5.82 Å². The molecule has 0 aromatic heterocycles. The van der Waals surface area contributed by atoms with Crippen molar-refractivity contribution in [1.29, 1.82) is 0 Å². The Morgan fingerprint density at radius 1 is 1.35 bits per heavy atom. The Bertz CT molecular complexity index is 419. The number of benzene rings is 1. The second-order valence-electron chi connectivity index (χ2n) is 4.32. The fourth-order valence-corrected chi connectivity index (χ4v) is 2.54. The molecule has 0 aliphatic carbocycles. The third-order valence-electron chi connectivity index (χ3n) is 2.64. The van der Waals surface area contributed by atoms with Gasteiger partial charge in [0.15, 0.2) is 17.3 Å². The van der Waals surface area contributed by atoms with E-state index in [-0.39, 0.29) is 12.4 Å². The molecule has 0 bridgehead atoms. The first-order valence-corrected chi connectivity index (χ1v) is 5.89. The molecule has 1 rings (SSSR count). The van der Waals surface area contributed by atoms with Crippen molar-refractivity contribution in [3.63, 3.8) is 0 Å². The van der Waals surface area contributed by atoms with Crippen LogP contribution in [-0.4, -0.2) is 25.9 Å². The highest BCUT2D eigenvalue weighted by Crippen LogP contribution is 2.41. The van der Waals surface area contributed by atoms with Gasteiger partial charge in [0.2, 0.25) is 0 Å². The van der Waals surface area contributed by atoms with Crippen molar-refractivity contribution in [1.82, 2.24) is 0 Å². The van der Waals surface area contributed by atoms with E-state index in [2.05, 4.69) is 15.9 Å². The molecule has 0 aliphatic rings. The number of aliphatic hydroxyl groups is 1. The molecule has 1 aromatic rings. The second kappa shape index (κ2) is 5.23. The molecule has 0 saturated carbocycles. The van der Waals surface area contributed by atoms with E-state index in [1.165, 1.54) is 14.2 Å². The number of methoxy groups -OCH3 is 2. The molecule has 96 valence electrons. The zero-order chi connectivity index (χ0) is 13.2. The van der Waals surface area contributed by atoms with Gasteiger partial charge in [-0.3, -0.25) is 0 Å².